The van der Waals surface area contributed by atoms with Crippen molar-refractivity contribution in [1.82, 2.24) is 15.1 Å². The van der Waals surface area contributed by atoms with Gasteiger partial charge in [-0.05, 0) is 38.1 Å². The van der Waals surface area contributed by atoms with Crippen molar-refractivity contribution in [2.24, 2.45) is 0 Å². The summed E-state index contributed by atoms with van der Waals surface area (Å²) in [5.74, 6) is 0.931. The molecule has 0 aliphatic carbocycles. The van der Waals surface area contributed by atoms with Crippen LogP contribution in [0.4, 0.5) is 11.5 Å². The molecule has 5 rings (SSSR count). The number of benzene rings is 3. The van der Waals surface area contributed by atoms with Crippen LogP contribution < -0.4 is 10.6 Å². The first-order valence-electron chi connectivity index (χ1n) is 11.3. The van der Waals surface area contributed by atoms with Gasteiger partial charge in [0.2, 0.25) is 0 Å². The van der Waals surface area contributed by atoms with Crippen molar-refractivity contribution in [2.75, 3.05) is 23.7 Å². The summed E-state index contributed by atoms with van der Waals surface area (Å²) in [6, 6.07) is 25.6. The maximum Gasteiger partial charge on any atom is 0.254 e. The van der Waals surface area contributed by atoms with Crippen LogP contribution in [0.25, 0.3) is 22.0 Å². The van der Waals surface area contributed by atoms with E-state index in [2.05, 4.69) is 41.1 Å². The lowest BCUT2D eigenvalue weighted by Gasteiger charge is -2.44. The van der Waals surface area contributed by atoms with Gasteiger partial charge in [-0.25, -0.2) is 0 Å². The van der Waals surface area contributed by atoms with Crippen molar-refractivity contribution in [3.05, 3.63) is 84.4 Å². The van der Waals surface area contributed by atoms with Gasteiger partial charge in [-0.3, -0.25) is 4.79 Å². The van der Waals surface area contributed by atoms with Crippen molar-refractivity contribution in [2.45, 2.75) is 25.9 Å². The van der Waals surface area contributed by atoms with Gasteiger partial charge >= 0.3 is 0 Å². The van der Waals surface area contributed by atoms with Gasteiger partial charge in [-0.1, -0.05) is 54.6 Å². The molecule has 2 atom stereocenters. The average Bonchev–Trinajstić information content (AvgIpc) is 2.85. The number of rotatable bonds is 3. The van der Waals surface area contributed by atoms with E-state index < -0.39 is 0 Å². The molecule has 6 nitrogen and oxygen atoms in total. The molecular formula is C27H27N5O. The lowest BCUT2D eigenvalue weighted by molar-refractivity contribution is 0.0644. The van der Waals surface area contributed by atoms with Gasteiger partial charge in [0.25, 0.3) is 5.91 Å². The molecule has 0 unspecified atom stereocenters. The molecule has 0 saturated carbocycles. The zero-order valence-corrected chi connectivity index (χ0v) is 18.8. The van der Waals surface area contributed by atoms with Crippen LogP contribution in [-0.2, 0) is 0 Å². The summed E-state index contributed by atoms with van der Waals surface area (Å²) >= 11 is 0. The molecule has 0 radical (unpaired) electrons. The van der Waals surface area contributed by atoms with Crippen LogP contribution in [0.2, 0.25) is 0 Å². The van der Waals surface area contributed by atoms with Crippen molar-refractivity contribution in [3.63, 3.8) is 0 Å². The average molecular weight is 438 g/mol. The first-order chi connectivity index (χ1) is 16.0. The van der Waals surface area contributed by atoms with Crippen molar-refractivity contribution in [3.8, 4) is 11.3 Å². The van der Waals surface area contributed by atoms with E-state index >= 15 is 0 Å². The summed E-state index contributed by atoms with van der Waals surface area (Å²) in [5, 5.41) is 11.4. The largest absolute Gasteiger partial charge is 0.399 e. The number of amides is 1. The summed E-state index contributed by atoms with van der Waals surface area (Å²) in [6.45, 7) is 5.56. The number of carbonyl (C=O) groups excluding carboxylic acids is 1. The minimum absolute atomic E-state index is 0.0474. The molecule has 1 amide bonds. The predicted octanol–water partition coefficient (Wildman–Crippen LogP) is 4.62. The Morgan fingerprint density at radius 2 is 1.48 bits per heavy atom. The highest BCUT2D eigenvalue weighted by Gasteiger charge is 2.34. The number of nitrogens with zero attached hydrogens (tertiary/aromatic N) is 4. The minimum Gasteiger partial charge on any atom is -0.399 e. The molecule has 1 aliphatic heterocycles. The molecule has 1 fully saturated rings. The van der Waals surface area contributed by atoms with Gasteiger partial charge in [0.15, 0.2) is 5.82 Å². The number of fused-ring (bicyclic) bond motifs is 1. The highest BCUT2D eigenvalue weighted by atomic mass is 16.2. The standard InChI is InChI=1S/C27H27N5O/c1-18-17-32(27(33)21-8-4-3-5-9-21)19(2)16-31(18)26-24-11-7-6-10-23(24)25(29-30-26)20-12-14-22(28)15-13-20/h3-15,18-19H,16-17,28H2,1-2H3/t18-,19+/m0/s1. The number of piperazine rings is 1. The monoisotopic (exact) mass is 437 g/mol. The molecule has 4 aromatic rings. The second-order valence-corrected chi connectivity index (χ2v) is 8.71. The van der Waals surface area contributed by atoms with Gasteiger partial charge in [0.1, 0.15) is 5.69 Å². The number of hydrogen-bond donors (Lipinski definition) is 1. The van der Waals surface area contributed by atoms with E-state index in [1.54, 1.807) is 0 Å². The van der Waals surface area contributed by atoms with Gasteiger partial charge in [-0.2, -0.15) is 0 Å². The van der Waals surface area contributed by atoms with Gasteiger partial charge in [-0.15, -0.1) is 10.2 Å². The lowest BCUT2D eigenvalue weighted by Crippen LogP contribution is -2.58. The van der Waals surface area contributed by atoms with Crippen molar-refractivity contribution >= 4 is 28.2 Å². The zero-order chi connectivity index (χ0) is 22.9. The zero-order valence-electron chi connectivity index (χ0n) is 18.8. The number of carbonyl (C=O) groups is 1. The molecule has 166 valence electrons. The Labute approximate surface area is 193 Å². The Bertz CT molecular complexity index is 1290. The van der Waals surface area contributed by atoms with Crippen LogP contribution in [0.3, 0.4) is 0 Å². The van der Waals surface area contributed by atoms with E-state index in [-0.39, 0.29) is 18.0 Å². The molecule has 0 spiro atoms. The molecule has 6 heteroatoms. The van der Waals surface area contributed by atoms with Gasteiger partial charge in [0, 0.05) is 52.8 Å². The van der Waals surface area contributed by atoms with E-state index in [1.165, 1.54) is 0 Å². The first kappa shape index (κ1) is 20.9. The predicted molar refractivity (Wildman–Crippen MR) is 133 cm³/mol. The summed E-state index contributed by atoms with van der Waals surface area (Å²) in [6.07, 6.45) is 0. The summed E-state index contributed by atoms with van der Waals surface area (Å²) < 4.78 is 0. The SMILES string of the molecule is C[C@@H]1CN(c2nnc(-c3ccc(N)cc3)c3ccccc23)[C@@H](C)CN1C(=O)c1ccccc1. The van der Waals surface area contributed by atoms with Crippen LogP contribution in [0, 0.1) is 0 Å². The minimum atomic E-state index is 0.0474. The maximum atomic E-state index is 13.1. The molecule has 1 aromatic heterocycles. The molecule has 1 aliphatic rings. The fourth-order valence-corrected chi connectivity index (χ4v) is 4.61. The summed E-state index contributed by atoms with van der Waals surface area (Å²) in [4.78, 5) is 17.4. The molecule has 2 N–H and O–H groups in total. The topological polar surface area (TPSA) is 75.4 Å². The number of nitrogen functional groups attached to an aromatic ring is 1. The smallest absolute Gasteiger partial charge is 0.254 e. The number of hydrogen-bond acceptors (Lipinski definition) is 5. The Morgan fingerprint density at radius 3 is 2.21 bits per heavy atom. The molecule has 0 bridgehead atoms. The van der Waals surface area contributed by atoms with E-state index in [0.717, 1.165) is 39.1 Å². The van der Waals surface area contributed by atoms with E-state index in [9.17, 15) is 4.79 Å². The Kier molecular flexibility index (Phi) is 5.42. The van der Waals surface area contributed by atoms with Gasteiger partial charge in [0.05, 0.1) is 0 Å². The highest BCUT2D eigenvalue weighted by molar-refractivity contribution is 6.00. The van der Waals surface area contributed by atoms with Crippen LogP contribution in [0.5, 0.6) is 0 Å². The third-order valence-corrected chi connectivity index (χ3v) is 6.39. The molecular weight excluding hydrogens is 410 g/mol. The Hall–Kier alpha value is -3.93. The van der Waals surface area contributed by atoms with Crippen molar-refractivity contribution < 1.29 is 4.79 Å². The van der Waals surface area contributed by atoms with Crippen LogP contribution in [0.15, 0.2) is 78.9 Å². The fraction of sp³-hybridized carbons (Fsp3) is 0.222. The second kappa shape index (κ2) is 8.54. The van der Waals surface area contributed by atoms with Crippen LogP contribution in [-0.4, -0.2) is 46.2 Å². The summed E-state index contributed by atoms with van der Waals surface area (Å²) in [7, 11) is 0. The molecule has 33 heavy (non-hydrogen) atoms. The van der Waals surface area contributed by atoms with E-state index in [1.807, 2.05) is 71.6 Å². The normalized spacial score (nSPS) is 18.5. The first-order valence-corrected chi connectivity index (χ1v) is 11.3. The number of anilines is 2. The molecule has 3 aromatic carbocycles. The third-order valence-electron chi connectivity index (χ3n) is 6.39. The Morgan fingerprint density at radius 1 is 0.818 bits per heavy atom. The fourth-order valence-electron chi connectivity index (χ4n) is 4.61. The van der Waals surface area contributed by atoms with E-state index in [0.29, 0.717) is 13.1 Å². The number of nitrogens with two attached hydrogens (primary N) is 1. The van der Waals surface area contributed by atoms with Crippen LogP contribution >= 0.6 is 0 Å². The Balaban J connectivity index is 1.48. The second-order valence-electron chi connectivity index (χ2n) is 8.71. The summed E-state index contributed by atoms with van der Waals surface area (Å²) in [5.41, 5.74) is 9.14. The molecule has 1 saturated heterocycles. The van der Waals surface area contributed by atoms with E-state index in [4.69, 9.17) is 5.73 Å². The lowest BCUT2D eigenvalue weighted by atomic mass is 10.0. The molecule has 2 heterocycles. The quantitative estimate of drug-likeness (QED) is 0.474. The number of aromatic nitrogens is 2. The third kappa shape index (κ3) is 3.89. The van der Waals surface area contributed by atoms with Gasteiger partial charge < -0.3 is 15.5 Å². The maximum absolute atomic E-state index is 13.1. The highest BCUT2D eigenvalue weighted by Crippen LogP contribution is 2.34. The van der Waals surface area contributed by atoms with Crippen molar-refractivity contribution in [1.29, 1.82) is 0 Å². The van der Waals surface area contributed by atoms with Crippen LogP contribution in [0.1, 0.15) is 24.2 Å².